The van der Waals surface area contributed by atoms with Crippen LogP contribution in [0.1, 0.15) is 10.5 Å². The number of aromatic amines is 1. The lowest BCUT2D eigenvalue weighted by atomic mass is 10.0. The van der Waals surface area contributed by atoms with E-state index in [0.717, 1.165) is 55.7 Å². The maximum atomic E-state index is 12.1. The standard InChI is InChI=1S/C33H22N4O2/c38-33(39)28-20-23(21-9-3-1-4-10-21)19-27(35-28)25-14-8-16-29-31(25)36-32(37(29)24-12-5-2-6-13-24)26-15-7-11-22-17-18-34-30(22)26/h1-20,34H,(H,38,39). The van der Waals surface area contributed by atoms with Crippen molar-refractivity contribution in [2.45, 2.75) is 0 Å². The topological polar surface area (TPSA) is 83.8 Å². The number of carboxylic acids is 1. The number of H-pyrrole nitrogens is 1. The van der Waals surface area contributed by atoms with Gasteiger partial charge in [0.15, 0.2) is 0 Å². The fourth-order valence-electron chi connectivity index (χ4n) is 5.17. The first-order chi connectivity index (χ1) is 19.2. The van der Waals surface area contributed by atoms with Gasteiger partial charge in [-0.15, -0.1) is 0 Å². The van der Waals surface area contributed by atoms with E-state index < -0.39 is 5.97 Å². The first-order valence-corrected chi connectivity index (χ1v) is 12.6. The maximum Gasteiger partial charge on any atom is 0.354 e. The number of carbonyl (C=O) groups is 1. The Labute approximate surface area is 223 Å². The van der Waals surface area contributed by atoms with Crippen LogP contribution in [0.3, 0.4) is 0 Å². The summed E-state index contributed by atoms with van der Waals surface area (Å²) in [4.78, 5) is 25.2. The second-order valence-corrected chi connectivity index (χ2v) is 9.32. The molecule has 0 spiro atoms. The number of benzene rings is 4. The molecular formula is C33H22N4O2. The summed E-state index contributed by atoms with van der Waals surface area (Å²) >= 11 is 0. The highest BCUT2D eigenvalue weighted by molar-refractivity contribution is 5.99. The molecule has 0 fully saturated rings. The number of rotatable bonds is 5. The zero-order valence-corrected chi connectivity index (χ0v) is 20.7. The molecule has 6 nitrogen and oxygen atoms in total. The van der Waals surface area contributed by atoms with Gasteiger partial charge in [-0.2, -0.15) is 0 Å². The van der Waals surface area contributed by atoms with Crippen LogP contribution in [0, 0.1) is 0 Å². The first-order valence-electron chi connectivity index (χ1n) is 12.6. The van der Waals surface area contributed by atoms with E-state index in [9.17, 15) is 9.90 Å². The number of imidazole rings is 1. The van der Waals surface area contributed by atoms with Gasteiger partial charge in [-0.25, -0.2) is 14.8 Å². The van der Waals surface area contributed by atoms with Gasteiger partial charge in [0.2, 0.25) is 0 Å². The molecule has 0 saturated carbocycles. The molecule has 186 valence electrons. The Morgan fingerprint density at radius 3 is 2.26 bits per heavy atom. The number of hydrogen-bond donors (Lipinski definition) is 2. The molecule has 0 saturated heterocycles. The highest BCUT2D eigenvalue weighted by Gasteiger charge is 2.21. The average molecular weight is 507 g/mol. The molecule has 4 aromatic carbocycles. The second-order valence-electron chi connectivity index (χ2n) is 9.32. The minimum absolute atomic E-state index is 0.0118. The van der Waals surface area contributed by atoms with Crippen LogP contribution in [0.4, 0.5) is 0 Å². The third-order valence-electron chi connectivity index (χ3n) is 6.96. The van der Waals surface area contributed by atoms with Crippen molar-refractivity contribution in [2.75, 3.05) is 0 Å². The second kappa shape index (κ2) is 9.11. The summed E-state index contributed by atoms with van der Waals surface area (Å²) in [6.45, 7) is 0. The molecule has 2 N–H and O–H groups in total. The third-order valence-corrected chi connectivity index (χ3v) is 6.96. The van der Waals surface area contributed by atoms with Gasteiger partial charge in [-0.05, 0) is 53.6 Å². The lowest BCUT2D eigenvalue weighted by molar-refractivity contribution is 0.0690. The van der Waals surface area contributed by atoms with Crippen molar-refractivity contribution < 1.29 is 9.90 Å². The maximum absolute atomic E-state index is 12.1. The van der Waals surface area contributed by atoms with Gasteiger partial charge in [0.25, 0.3) is 0 Å². The summed E-state index contributed by atoms with van der Waals surface area (Å²) in [5.41, 5.74) is 7.62. The first kappa shape index (κ1) is 22.7. The quantitative estimate of drug-likeness (QED) is 0.252. The lowest BCUT2D eigenvalue weighted by Crippen LogP contribution is -2.02. The van der Waals surface area contributed by atoms with E-state index in [1.54, 1.807) is 6.07 Å². The van der Waals surface area contributed by atoms with Gasteiger partial charge in [-0.1, -0.05) is 72.8 Å². The molecule has 7 rings (SSSR count). The van der Waals surface area contributed by atoms with E-state index in [4.69, 9.17) is 4.98 Å². The SMILES string of the molecule is O=C(O)c1cc(-c2ccccc2)cc(-c2cccc3c2nc(-c2cccc4cc[nH]c24)n3-c2ccccc2)n1. The van der Waals surface area contributed by atoms with Crippen LogP contribution in [0.5, 0.6) is 0 Å². The zero-order valence-electron chi connectivity index (χ0n) is 20.7. The van der Waals surface area contributed by atoms with Crippen molar-refractivity contribution in [3.8, 4) is 39.5 Å². The molecular weight excluding hydrogens is 484 g/mol. The van der Waals surface area contributed by atoms with Crippen molar-refractivity contribution in [1.29, 1.82) is 0 Å². The number of nitrogens with zero attached hydrogens (tertiary/aromatic N) is 3. The molecule has 0 bridgehead atoms. The van der Waals surface area contributed by atoms with Crippen molar-refractivity contribution in [3.05, 3.63) is 127 Å². The molecule has 0 unspecified atom stereocenters. The summed E-state index contributed by atoms with van der Waals surface area (Å²) in [7, 11) is 0. The van der Waals surface area contributed by atoms with Crippen LogP contribution >= 0.6 is 0 Å². The van der Waals surface area contributed by atoms with Gasteiger partial charge in [0, 0.05) is 28.4 Å². The molecule has 0 atom stereocenters. The predicted octanol–water partition coefficient (Wildman–Crippen LogP) is 7.60. The summed E-state index contributed by atoms with van der Waals surface area (Å²) in [5.74, 6) is -0.287. The number of para-hydroxylation sites is 3. The molecule has 7 aromatic rings. The molecule has 39 heavy (non-hydrogen) atoms. The van der Waals surface area contributed by atoms with E-state index >= 15 is 0 Å². The van der Waals surface area contributed by atoms with Crippen molar-refractivity contribution in [2.24, 2.45) is 0 Å². The minimum Gasteiger partial charge on any atom is -0.477 e. The zero-order chi connectivity index (χ0) is 26.3. The number of aromatic carboxylic acids is 1. The molecule has 0 radical (unpaired) electrons. The van der Waals surface area contributed by atoms with Gasteiger partial charge in [-0.3, -0.25) is 4.57 Å². The monoisotopic (exact) mass is 506 g/mol. The molecule has 3 heterocycles. The third kappa shape index (κ3) is 3.86. The number of nitrogens with one attached hydrogen (secondary N) is 1. The number of fused-ring (bicyclic) bond motifs is 2. The van der Waals surface area contributed by atoms with Gasteiger partial charge in [0.1, 0.15) is 11.5 Å². The van der Waals surface area contributed by atoms with E-state index in [1.807, 2.05) is 91.1 Å². The molecule has 6 heteroatoms. The van der Waals surface area contributed by atoms with Crippen LogP contribution in [0.15, 0.2) is 121 Å². The van der Waals surface area contributed by atoms with Gasteiger partial charge in [0.05, 0.1) is 22.2 Å². The predicted molar refractivity (Wildman–Crippen MR) is 154 cm³/mol. The Hall–Kier alpha value is -5.49. The smallest absolute Gasteiger partial charge is 0.354 e. The van der Waals surface area contributed by atoms with E-state index in [-0.39, 0.29) is 5.69 Å². The fourth-order valence-corrected chi connectivity index (χ4v) is 5.17. The largest absolute Gasteiger partial charge is 0.477 e. The Bertz CT molecular complexity index is 1990. The van der Waals surface area contributed by atoms with Crippen LogP contribution in [0.2, 0.25) is 0 Å². The molecule has 0 aliphatic heterocycles. The number of pyridine rings is 1. The Morgan fingerprint density at radius 2 is 1.46 bits per heavy atom. The summed E-state index contributed by atoms with van der Waals surface area (Å²) in [6, 6.07) is 37.6. The Kier molecular flexibility index (Phi) is 5.30. The number of aromatic nitrogens is 4. The Morgan fingerprint density at radius 1 is 0.718 bits per heavy atom. The van der Waals surface area contributed by atoms with E-state index in [0.29, 0.717) is 5.69 Å². The Balaban J connectivity index is 1.53. The number of hydrogen-bond acceptors (Lipinski definition) is 3. The summed E-state index contributed by atoms with van der Waals surface area (Å²) < 4.78 is 2.15. The lowest BCUT2D eigenvalue weighted by Gasteiger charge is -2.11. The molecule has 0 amide bonds. The van der Waals surface area contributed by atoms with Crippen molar-refractivity contribution >= 4 is 27.9 Å². The van der Waals surface area contributed by atoms with Crippen LogP contribution in [0.25, 0.3) is 61.4 Å². The van der Waals surface area contributed by atoms with Gasteiger partial charge < -0.3 is 10.1 Å². The van der Waals surface area contributed by atoms with Crippen molar-refractivity contribution in [1.82, 2.24) is 19.5 Å². The molecule has 3 aromatic heterocycles. The van der Waals surface area contributed by atoms with Crippen LogP contribution in [-0.2, 0) is 0 Å². The highest BCUT2D eigenvalue weighted by atomic mass is 16.4. The van der Waals surface area contributed by atoms with Crippen LogP contribution in [-0.4, -0.2) is 30.6 Å². The molecule has 0 aliphatic carbocycles. The fraction of sp³-hybridized carbons (Fsp3) is 0. The minimum atomic E-state index is -1.07. The summed E-state index contributed by atoms with van der Waals surface area (Å²) in [5, 5.41) is 11.0. The highest BCUT2D eigenvalue weighted by Crippen LogP contribution is 2.37. The number of carboxylic acid groups (broad SMARTS) is 1. The van der Waals surface area contributed by atoms with E-state index in [1.165, 1.54) is 0 Å². The van der Waals surface area contributed by atoms with Gasteiger partial charge >= 0.3 is 5.97 Å². The van der Waals surface area contributed by atoms with Crippen molar-refractivity contribution in [3.63, 3.8) is 0 Å². The van der Waals surface area contributed by atoms with E-state index in [2.05, 4.69) is 38.8 Å². The summed E-state index contributed by atoms with van der Waals surface area (Å²) in [6.07, 6.45) is 1.93. The van der Waals surface area contributed by atoms with Crippen LogP contribution < -0.4 is 0 Å². The molecule has 0 aliphatic rings. The average Bonchev–Trinajstić information content (AvgIpc) is 3.63. The normalized spacial score (nSPS) is 11.3.